The van der Waals surface area contributed by atoms with Crippen molar-refractivity contribution < 1.29 is 38.3 Å². The summed E-state index contributed by atoms with van der Waals surface area (Å²) in [6.07, 6.45) is 0.0521. The SMILES string of the molecule is CC1(C)OC[C@H](CCl)O1.COc1cc(O)ccc1Br.COc1cc(OC[C@H]2COC(C)(C)O2)ccc1Br. The third-order valence-electron chi connectivity index (χ3n) is 5.00. The number of rotatable bonds is 6. The van der Waals surface area contributed by atoms with Crippen LogP contribution >= 0.6 is 43.5 Å². The Hall–Kier alpha value is -1.27. The molecule has 2 heterocycles. The monoisotopic (exact) mass is 668 g/mol. The summed E-state index contributed by atoms with van der Waals surface area (Å²) in [6, 6.07) is 10.5. The Bertz CT molecular complexity index is 989. The quantitative estimate of drug-likeness (QED) is 0.348. The van der Waals surface area contributed by atoms with Crippen LogP contribution in [0.15, 0.2) is 45.3 Å². The normalized spacial score (nSPS) is 21.2. The summed E-state index contributed by atoms with van der Waals surface area (Å²) >= 11 is 12.2. The van der Waals surface area contributed by atoms with Gasteiger partial charge in [0.2, 0.25) is 0 Å². The Labute approximate surface area is 240 Å². The molecule has 0 radical (unpaired) electrons. The second kappa shape index (κ2) is 14.8. The van der Waals surface area contributed by atoms with E-state index in [-0.39, 0.29) is 18.0 Å². The van der Waals surface area contributed by atoms with Crippen molar-refractivity contribution in [3.8, 4) is 23.0 Å². The number of alkyl halides is 1. The van der Waals surface area contributed by atoms with Gasteiger partial charge in [0.1, 0.15) is 35.7 Å². The predicted molar refractivity (Wildman–Crippen MR) is 149 cm³/mol. The topological polar surface area (TPSA) is 84.8 Å². The van der Waals surface area contributed by atoms with Crippen LogP contribution in [-0.4, -0.2) is 68.8 Å². The number of methoxy groups -OCH3 is 2. The van der Waals surface area contributed by atoms with Gasteiger partial charge in [-0.1, -0.05) is 0 Å². The van der Waals surface area contributed by atoms with E-state index in [1.165, 1.54) is 0 Å². The lowest BCUT2D eigenvalue weighted by molar-refractivity contribution is -0.141. The minimum atomic E-state index is -0.508. The fourth-order valence-electron chi connectivity index (χ4n) is 3.25. The van der Waals surface area contributed by atoms with Crippen molar-refractivity contribution in [3.05, 3.63) is 45.3 Å². The summed E-state index contributed by atoms with van der Waals surface area (Å²) in [6.45, 7) is 9.22. The molecule has 2 saturated heterocycles. The van der Waals surface area contributed by atoms with Crippen LogP contribution in [0, 0.1) is 0 Å². The molecule has 2 fully saturated rings. The maximum absolute atomic E-state index is 8.97. The Morgan fingerprint density at radius 2 is 1.38 bits per heavy atom. The third-order valence-corrected chi connectivity index (χ3v) is 6.65. The van der Waals surface area contributed by atoms with Crippen LogP contribution in [0.1, 0.15) is 27.7 Å². The van der Waals surface area contributed by atoms with Crippen molar-refractivity contribution in [3.63, 3.8) is 0 Å². The summed E-state index contributed by atoms with van der Waals surface area (Å²) < 4.78 is 39.3. The molecular formula is C26H35Br2ClO8. The van der Waals surface area contributed by atoms with E-state index in [0.717, 1.165) is 20.4 Å². The van der Waals surface area contributed by atoms with Crippen molar-refractivity contribution in [2.75, 3.05) is 39.9 Å². The Morgan fingerprint density at radius 3 is 1.81 bits per heavy atom. The molecule has 0 amide bonds. The Kier molecular flexibility index (Phi) is 12.7. The molecule has 0 unspecified atom stereocenters. The lowest BCUT2D eigenvalue weighted by Gasteiger charge is -2.17. The molecular weight excluding hydrogens is 636 g/mol. The summed E-state index contributed by atoms with van der Waals surface area (Å²) in [5.41, 5.74) is 0. The predicted octanol–water partition coefficient (Wildman–Crippen LogP) is 6.53. The third kappa shape index (κ3) is 11.2. The van der Waals surface area contributed by atoms with Gasteiger partial charge in [0.25, 0.3) is 0 Å². The second-order valence-electron chi connectivity index (χ2n) is 8.98. The van der Waals surface area contributed by atoms with Gasteiger partial charge < -0.3 is 38.3 Å². The molecule has 37 heavy (non-hydrogen) atoms. The number of benzene rings is 2. The van der Waals surface area contributed by atoms with Gasteiger partial charge in [0.15, 0.2) is 11.6 Å². The molecule has 2 aromatic carbocycles. The molecule has 11 heteroatoms. The average molecular weight is 671 g/mol. The summed E-state index contributed by atoms with van der Waals surface area (Å²) in [5.74, 6) is 1.94. The van der Waals surface area contributed by atoms with Crippen LogP contribution in [0.3, 0.4) is 0 Å². The zero-order chi connectivity index (χ0) is 27.6. The first-order chi connectivity index (χ1) is 17.4. The van der Waals surface area contributed by atoms with Gasteiger partial charge in [-0.05, 0) is 83.8 Å². The van der Waals surface area contributed by atoms with Gasteiger partial charge in [0.05, 0.1) is 48.4 Å². The van der Waals surface area contributed by atoms with E-state index in [4.69, 9.17) is 49.9 Å². The lowest BCUT2D eigenvalue weighted by Crippen LogP contribution is -2.25. The molecule has 2 atom stereocenters. The standard InChI is InChI=1S/C13H17BrO4.C7H7BrO2.C6H11ClO2/c1-13(2)17-8-10(18-13)7-16-9-4-5-11(14)12(6-9)15-3;1-10-7-4-5(9)2-3-6(7)8;1-6(2)8-4-5(3-7)9-6/h4-6,10H,7-8H2,1-3H3;2-4,9H,1H3;5H,3-4H2,1-2H3/t10-;;5-/m0.0/s1. The van der Waals surface area contributed by atoms with Crippen molar-refractivity contribution >= 4 is 43.5 Å². The summed E-state index contributed by atoms with van der Waals surface area (Å²) in [5, 5.41) is 8.97. The van der Waals surface area contributed by atoms with Crippen molar-refractivity contribution in [1.82, 2.24) is 0 Å². The molecule has 2 aromatic rings. The number of hydrogen-bond acceptors (Lipinski definition) is 8. The minimum Gasteiger partial charge on any atom is -0.508 e. The van der Waals surface area contributed by atoms with E-state index in [1.807, 2.05) is 45.9 Å². The first-order valence-corrected chi connectivity index (χ1v) is 13.7. The van der Waals surface area contributed by atoms with Gasteiger partial charge in [0, 0.05) is 12.1 Å². The van der Waals surface area contributed by atoms with Crippen LogP contribution in [-0.2, 0) is 18.9 Å². The number of halogens is 3. The van der Waals surface area contributed by atoms with Gasteiger partial charge in [-0.2, -0.15) is 0 Å². The summed E-state index contributed by atoms with van der Waals surface area (Å²) in [7, 11) is 3.18. The van der Waals surface area contributed by atoms with E-state index in [0.29, 0.717) is 31.5 Å². The van der Waals surface area contributed by atoms with E-state index in [1.54, 1.807) is 32.4 Å². The smallest absolute Gasteiger partial charge is 0.163 e. The van der Waals surface area contributed by atoms with Crippen LogP contribution in [0.25, 0.3) is 0 Å². The second-order valence-corrected chi connectivity index (χ2v) is 11.0. The molecule has 0 saturated carbocycles. The molecule has 2 aliphatic heterocycles. The fourth-order valence-corrected chi connectivity index (χ4v) is 4.22. The van der Waals surface area contributed by atoms with Gasteiger partial charge >= 0.3 is 0 Å². The molecule has 208 valence electrons. The zero-order valence-electron chi connectivity index (χ0n) is 21.9. The van der Waals surface area contributed by atoms with Crippen LogP contribution in [0.4, 0.5) is 0 Å². The number of hydrogen-bond donors (Lipinski definition) is 1. The highest BCUT2D eigenvalue weighted by Gasteiger charge is 2.33. The summed E-state index contributed by atoms with van der Waals surface area (Å²) in [4.78, 5) is 0. The molecule has 0 spiro atoms. The zero-order valence-corrected chi connectivity index (χ0v) is 25.8. The highest BCUT2D eigenvalue weighted by molar-refractivity contribution is 9.10. The number of phenolic OH excluding ortho intramolecular Hbond substituents is 1. The molecule has 0 aromatic heterocycles. The van der Waals surface area contributed by atoms with E-state index in [9.17, 15) is 0 Å². The van der Waals surface area contributed by atoms with E-state index in [2.05, 4.69) is 31.9 Å². The molecule has 1 N–H and O–H groups in total. The lowest BCUT2D eigenvalue weighted by atomic mass is 10.3. The highest BCUT2D eigenvalue weighted by Crippen LogP contribution is 2.30. The highest BCUT2D eigenvalue weighted by atomic mass is 79.9. The minimum absolute atomic E-state index is 0.0327. The Morgan fingerprint density at radius 1 is 0.865 bits per heavy atom. The van der Waals surface area contributed by atoms with Crippen LogP contribution in [0.2, 0.25) is 0 Å². The molecule has 8 nitrogen and oxygen atoms in total. The maximum atomic E-state index is 8.97. The number of aromatic hydroxyl groups is 1. The maximum Gasteiger partial charge on any atom is 0.163 e. The Balaban J connectivity index is 0.000000214. The van der Waals surface area contributed by atoms with Crippen LogP contribution < -0.4 is 14.2 Å². The van der Waals surface area contributed by atoms with Gasteiger partial charge in [-0.25, -0.2) is 0 Å². The number of phenols is 1. The largest absolute Gasteiger partial charge is 0.508 e. The first-order valence-electron chi connectivity index (χ1n) is 11.6. The van der Waals surface area contributed by atoms with Crippen LogP contribution in [0.5, 0.6) is 23.0 Å². The van der Waals surface area contributed by atoms with Gasteiger partial charge in [-0.3, -0.25) is 0 Å². The van der Waals surface area contributed by atoms with Crippen molar-refractivity contribution in [2.24, 2.45) is 0 Å². The van der Waals surface area contributed by atoms with Gasteiger partial charge in [-0.15, -0.1) is 11.6 Å². The number of ether oxygens (including phenoxy) is 7. The van der Waals surface area contributed by atoms with E-state index >= 15 is 0 Å². The molecule has 0 aliphatic carbocycles. The average Bonchev–Trinajstić information content (AvgIpc) is 3.40. The molecule has 2 aliphatic rings. The molecule has 0 bridgehead atoms. The van der Waals surface area contributed by atoms with E-state index < -0.39 is 11.6 Å². The van der Waals surface area contributed by atoms with Crippen molar-refractivity contribution in [1.29, 1.82) is 0 Å². The molecule has 4 rings (SSSR count). The fraction of sp³-hybridized carbons (Fsp3) is 0.538. The first kappa shape index (κ1) is 31.9. The van der Waals surface area contributed by atoms with Crippen molar-refractivity contribution in [2.45, 2.75) is 51.5 Å².